The fraction of sp³-hybridized carbons (Fsp3) is 1.00. The predicted molar refractivity (Wildman–Crippen MR) is 39.6 cm³/mol. The maximum absolute atomic E-state index is 13.0. The van der Waals surface area contributed by atoms with E-state index in [2.05, 4.69) is 15.9 Å². The highest BCUT2D eigenvalue weighted by molar-refractivity contribution is 9.09. The number of rotatable bonds is 1. The predicted octanol–water partition coefficient (Wildman–Crippen LogP) is 2.23. The zero-order valence-electron chi connectivity index (χ0n) is 4.49. The molecule has 1 atom stereocenters. The normalized spacial score (nSPS) is 38.2. The number of alkyl halides is 2. The summed E-state index contributed by atoms with van der Waals surface area (Å²) >= 11 is 4.84. The molecular formula is C5H8BrFS. The van der Waals surface area contributed by atoms with Crippen molar-refractivity contribution in [1.29, 1.82) is 0 Å². The maximum atomic E-state index is 13.0. The van der Waals surface area contributed by atoms with E-state index in [1.54, 1.807) is 11.8 Å². The minimum Gasteiger partial charge on any atom is -0.242 e. The van der Waals surface area contributed by atoms with Crippen LogP contribution in [0.15, 0.2) is 0 Å². The van der Waals surface area contributed by atoms with Gasteiger partial charge in [-0.15, -0.1) is 0 Å². The van der Waals surface area contributed by atoms with E-state index in [9.17, 15) is 4.39 Å². The third-order valence-corrected chi connectivity index (χ3v) is 3.51. The molecule has 0 saturated carbocycles. The van der Waals surface area contributed by atoms with E-state index < -0.39 is 5.67 Å². The van der Waals surface area contributed by atoms with Gasteiger partial charge in [-0.2, -0.15) is 11.8 Å². The lowest BCUT2D eigenvalue weighted by molar-refractivity contribution is 0.235. The molecule has 0 aromatic rings. The van der Waals surface area contributed by atoms with Crippen molar-refractivity contribution in [3.63, 3.8) is 0 Å². The van der Waals surface area contributed by atoms with Crippen LogP contribution in [0.2, 0.25) is 0 Å². The molecule has 1 rings (SSSR count). The highest BCUT2D eigenvalue weighted by atomic mass is 79.9. The first-order chi connectivity index (χ1) is 3.77. The average Bonchev–Trinajstić information content (AvgIpc) is 2.17. The maximum Gasteiger partial charge on any atom is 0.130 e. The zero-order chi connectivity index (χ0) is 6.04. The smallest absolute Gasteiger partial charge is 0.130 e. The van der Waals surface area contributed by atoms with Crippen LogP contribution in [0.3, 0.4) is 0 Å². The van der Waals surface area contributed by atoms with Crippen molar-refractivity contribution in [2.24, 2.45) is 0 Å². The summed E-state index contributed by atoms with van der Waals surface area (Å²) in [5.74, 6) is 1.67. The molecule has 8 heavy (non-hydrogen) atoms. The summed E-state index contributed by atoms with van der Waals surface area (Å²) < 4.78 is 13.0. The van der Waals surface area contributed by atoms with Crippen molar-refractivity contribution in [3.8, 4) is 0 Å². The van der Waals surface area contributed by atoms with E-state index in [1.165, 1.54) is 0 Å². The number of thioether (sulfide) groups is 1. The molecule has 3 heteroatoms. The van der Waals surface area contributed by atoms with Crippen LogP contribution in [-0.4, -0.2) is 22.5 Å². The average molecular weight is 199 g/mol. The van der Waals surface area contributed by atoms with Gasteiger partial charge in [-0.25, -0.2) is 4.39 Å². The van der Waals surface area contributed by atoms with Gasteiger partial charge in [-0.05, 0) is 12.2 Å². The fourth-order valence-corrected chi connectivity index (χ4v) is 2.70. The van der Waals surface area contributed by atoms with Gasteiger partial charge in [0, 0.05) is 11.1 Å². The zero-order valence-corrected chi connectivity index (χ0v) is 6.90. The van der Waals surface area contributed by atoms with Gasteiger partial charge in [0.1, 0.15) is 5.67 Å². The Morgan fingerprint density at radius 1 is 1.75 bits per heavy atom. The van der Waals surface area contributed by atoms with Gasteiger partial charge in [-0.1, -0.05) is 15.9 Å². The van der Waals surface area contributed by atoms with E-state index in [0.29, 0.717) is 11.1 Å². The third kappa shape index (κ3) is 1.38. The molecule has 0 aliphatic carbocycles. The van der Waals surface area contributed by atoms with Crippen LogP contribution < -0.4 is 0 Å². The first-order valence-corrected chi connectivity index (χ1v) is 4.87. The van der Waals surface area contributed by atoms with Crippen molar-refractivity contribution in [2.45, 2.75) is 12.1 Å². The van der Waals surface area contributed by atoms with Gasteiger partial charge in [-0.3, -0.25) is 0 Å². The fourth-order valence-electron chi connectivity index (χ4n) is 0.688. The van der Waals surface area contributed by atoms with Crippen LogP contribution in [0.5, 0.6) is 0 Å². The number of hydrogen-bond donors (Lipinski definition) is 0. The molecule has 0 radical (unpaired) electrons. The number of hydrogen-bond acceptors (Lipinski definition) is 1. The molecule has 0 N–H and O–H groups in total. The Kier molecular flexibility index (Phi) is 2.20. The van der Waals surface area contributed by atoms with Gasteiger partial charge in [0.15, 0.2) is 0 Å². The van der Waals surface area contributed by atoms with Crippen molar-refractivity contribution in [3.05, 3.63) is 0 Å². The van der Waals surface area contributed by atoms with E-state index in [1.807, 2.05) is 0 Å². The van der Waals surface area contributed by atoms with Crippen LogP contribution in [0.1, 0.15) is 6.42 Å². The molecule has 0 aromatic carbocycles. The highest BCUT2D eigenvalue weighted by Crippen LogP contribution is 2.32. The standard InChI is InChI=1S/C5H8BrFS/c6-3-5(7)1-2-8-4-5/h1-4H2. The van der Waals surface area contributed by atoms with Gasteiger partial charge in [0.2, 0.25) is 0 Å². The first kappa shape index (κ1) is 6.87. The van der Waals surface area contributed by atoms with Crippen molar-refractivity contribution < 1.29 is 4.39 Å². The van der Waals surface area contributed by atoms with Crippen molar-refractivity contribution in [2.75, 3.05) is 16.8 Å². The molecular weight excluding hydrogens is 191 g/mol. The van der Waals surface area contributed by atoms with Crippen LogP contribution in [0.25, 0.3) is 0 Å². The van der Waals surface area contributed by atoms with Gasteiger partial charge in [0.05, 0.1) is 0 Å². The molecule has 0 nitrogen and oxygen atoms in total. The number of halogens is 2. The van der Waals surface area contributed by atoms with Crippen LogP contribution in [0, 0.1) is 0 Å². The van der Waals surface area contributed by atoms with Crippen LogP contribution >= 0.6 is 27.7 Å². The Morgan fingerprint density at radius 2 is 2.50 bits per heavy atom. The Morgan fingerprint density at radius 3 is 2.75 bits per heavy atom. The summed E-state index contributed by atoms with van der Waals surface area (Å²) in [5, 5.41) is 0.507. The summed E-state index contributed by atoms with van der Waals surface area (Å²) in [5.41, 5.74) is -0.884. The Balaban J connectivity index is 2.40. The van der Waals surface area contributed by atoms with E-state index in [-0.39, 0.29) is 0 Å². The van der Waals surface area contributed by atoms with Crippen LogP contribution in [0.4, 0.5) is 4.39 Å². The molecule has 0 aromatic heterocycles. The quantitative estimate of drug-likeness (QED) is 0.583. The van der Waals surface area contributed by atoms with Gasteiger partial charge in [0.25, 0.3) is 0 Å². The molecule has 0 amide bonds. The van der Waals surface area contributed by atoms with Gasteiger partial charge >= 0.3 is 0 Å². The van der Waals surface area contributed by atoms with Gasteiger partial charge < -0.3 is 0 Å². The molecule has 1 aliphatic rings. The molecule has 1 heterocycles. The lowest BCUT2D eigenvalue weighted by Gasteiger charge is -2.12. The Bertz CT molecular complexity index is 80.5. The Hall–Kier alpha value is 0.760. The van der Waals surface area contributed by atoms with E-state index >= 15 is 0 Å². The topological polar surface area (TPSA) is 0 Å². The second-order valence-electron chi connectivity index (χ2n) is 2.09. The van der Waals surface area contributed by atoms with E-state index in [4.69, 9.17) is 0 Å². The summed E-state index contributed by atoms with van der Waals surface area (Å²) in [6, 6.07) is 0. The van der Waals surface area contributed by atoms with E-state index in [0.717, 1.165) is 12.2 Å². The molecule has 1 fully saturated rings. The molecule has 1 unspecified atom stereocenters. The minimum absolute atomic E-state index is 0.507. The molecule has 0 spiro atoms. The highest BCUT2D eigenvalue weighted by Gasteiger charge is 2.32. The Labute approximate surface area is 61.3 Å². The summed E-state index contributed by atoms with van der Waals surface area (Å²) in [7, 11) is 0. The van der Waals surface area contributed by atoms with Crippen LogP contribution in [-0.2, 0) is 0 Å². The first-order valence-electron chi connectivity index (χ1n) is 2.59. The summed E-state index contributed by atoms with van der Waals surface area (Å²) in [6.45, 7) is 0. The second-order valence-corrected chi connectivity index (χ2v) is 3.75. The molecule has 48 valence electrons. The SMILES string of the molecule is FC1(CBr)CCSC1. The second kappa shape index (κ2) is 2.56. The minimum atomic E-state index is -0.884. The molecule has 1 saturated heterocycles. The largest absolute Gasteiger partial charge is 0.242 e. The van der Waals surface area contributed by atoms with Crippen molar-refractivity contribution >= 4 is 27.7 Å². The summed E-state index contributed by atoms with van der Waals surface area (Å²) in [6.07, 6.45) is 0.725. The monoisotopic (exact) mass is 198 g/mol. The summed E-state index contributed by atoms with van der Waals surface area (Å²) in [4.78, 5) is 0. The lowest BCUT2D eigenvalue weighted by atomic mass is 10.1. The molecule has 0 bridgehead atoms. The third-order valence-electron chi connectivity index (χ3n) is 1.29. The molecule has 1 aliphatic heterocycles. The van der Waals surface area contributed by atoms with Crippen molar-refractivity contribution in [1.82, 2.24) is 0 Å². The lowest BCUT2D eigenvalue weighted by Crippen LogP contribution is -2.23.